The summed E-state index contributed by atoms with van der Waals surface area (Å²) in [6, 6.07) is 0.495. The number of hydrogen-bond acceptors (Lipinski definition) is 3. The first-order valence-corrected chi connectivity index (χ1v) is 10.1. The van der Waals surface area contributed by atoms with E-state index >= 15 is 0 Å². The first kappa shape index (κ1) is 14.4. The molecule has 118 valence electrons. The monoisotopic (exact) mass is 308 g/mol. The summed E-state index contributed by atoms with van der Waals surface area (Å²) in [7, 11) is 0. The van der Waals surface area contributed by atoms with Crippen LogP contribution in [0.2, 0.25) is 0 Å². The number of thioether (sulfide) groups is 1. The van der Waals surface area contributed by atoms with Crippen LogP contribution in [0.4, 0.5) is 0 Å². The third kappa shape index (κ3) is 2.42. The molecule has 4 rings (SSSR count). The summed E-state index contributed by atoms with van der Waals surface area (Å²) in [5.74, 6) is 3.61. The summed E-state index contributed by atoms with van der Waals surface area (Å²) in [6.07, 6.45) is 12.8. The minimum atomic E-state index is -0.171. The van der Waals surface area contributed by atoms with Gasteiger partial charge in [-0.05, 0) is 50.2 Å². The summed E-state index contributed by atoms with van der Waals surface area (Å²) in [6.45, 7) is 0. The van der Waals surface area contributed by atoms with Crippen molar-refractivity contribution in [3.05, 3.63) is 0 Å². The van der Waals surface area contributed by atoms with E-state index in [1.165, 1.54) is 57.1 Å². The molecule has 0 aromatic rings. The molecule has 2 unspecified atom stereocenters. The molecule has 2 saturated carbocycles. The molecular formula is C17H28N2OS. The molecule has 0 aromatic heterocycles. The molecule has 1 spiro atoms. The van der Waals surface area contributed by atoms with Crippen molar-refractivity contribution < 1.29 is 4.79 Å². The van der Waals surface area contributed by atoms with Crippen LogP contribution in [0, 0.1) is 5.92 Å². The fraction of sp³-hybridized carbons (Fsp3) is 0.941. The van der Waals surface area contributed by atoms with Crippen molar-refractivity contribution in [1.82, 2.24) is 10.2 Å². The standard InChI is InChI=1S/C17H28N2OS/c20-16-17(9-3-4-10-17)18-15(13-6-1-2-7-13)19(16)14-8-5-11-21-12-14/h13-15,18H,1-12H2. The molecule has 1 amide bonds. The lowest BCUT2D eigenvalue weighted by molar-refractivity contribution is -0.135. The van der Waals surface area contributed by atoms with Gasteiger partial charge in [0, 0.05) is 11.8 Å². The Morgan fingerprint density at radius 2 is 1.81 bits per heavy atom. The lowest BCUT2D eigenvalue weighted by atomic mass is 9.97. The largest absolute Gasteiger partial charge is 0.321 e. The average Bonchev–Trinajstić information content (AvgIpc) is 3.24. The Kier molecular flexibility index (Phi) is 3.95. The van der Waals surface area contributed by atoms with Gasteiger partial charge in [-0.1, -0.05) is 25.7 Å². The zero-order valence-electron chi connectivity index (χ0n) is 13.0. The van der Waals surface area contributed by atoms with Gasteiger partial charge in [-0.15, -0.1) is 0 Å². The summed E-state index contributed by atoms with van der Waals surface area (Å²) >= 11 is 2.05. The highest BCUT2D eigenvalue weighted by molar-refractivity contribution is 7.99. The van der Waals surface area contributed by atoms with Crippen molar-refractivity contribution in [2.24, 2.45) is 5.92 Å². The smallest absolute Gasteiger partial charge is 0.244 e. The predicted octanol–water partition coefficient (Wildman–Crippen LogP) is 3.14. The number of carbonyl (C=O) groups is 1. The van der Waals surface area contributed by atoms with Crippen molar-refractivity contribution in [3.8, 4) is 0 Å². The molecule has 0 radical (unpaired) electrons. The van der Waals surface area contributed by atoms with E-state index in [4.69, 9.17) is 0 Å². The van der Waals surface area contributed by atoms with Gasteiger partial charge in [-0.2, -0.15) is 11.8 Å². The van der Waals surface area contributed by atoms with Crippen molar-refractivity contribution in [2.75, 3.05) is 11.5 Å². The van der Waals surface area contributed by atoms with Gasteiger partial charge in [0.1, 0.15) is 0 Å². The number of rotatable bonds is 2. The van der Waals surface area contributed by atoms with E-state index in [2.05, 4.69) is 10.2 Å². The van der Waals surface area contributed by atoms with Crippen LogP contribution in [0.15, 0.2) is 0 Å². The van der Waals surface area contributed by atoms with Gasteiger partial charge in [0.25, 0.3) is 0 Å². The number of nitrogens with zero attached hydrogens (tertiary/aromatic N) is 1. The van der Waals surface area contributed by atoms with E-state index in [0.717, 1.165) is 18.6 Å². The van der Waals surface area contributed by atoms with Gasteiger partial charge in [0.2, 0.25) is 5.91 Å². The number of carbonyl (C=O) groups excluding carboxylic acids is 1. The second kappa shape index (κ2) is 5.77. The molecule has 3 nitrogen and oxygen atoms in total. The predicted molar refractivity (Wildman–Crippen MR) is 87.3 cm³/mol. The van der Waals surface area contributed by atoms with E-state index < -0.39 is 0 Å². The molecule has 21 heavy (non-hydrogen) atoms. The van der Waals surface area contributed by atoms with Crippen molar-refractivity contribution in [2.45, 2.75) is 82.0 Å². The van der Waals surface area contributed by atoms with Crippen LogP contribution in [0.3, 0.4) is 0 Å². The van der Waals surface area contributed by atoms with Gasteiger partial charge < -0.3 is 4.90 Å². The quantitative estimate of drug-likeness (QED) is 0.850. The maximum Gasteiger partial charge on any atom is 0.244 e. The van der Waals surface area contributed by atoms with Crippen LogP contribution in [0.1, 0.15) is 64.2 Å². The second-order valence-electron chi connectivity index (χ2n) is 7.51. The Morgan fingerprint density at radius 3 is 2.48 bits per heavy atom. The third-order valence-electron chi connectivity index (χ3n) is 6.20. The summed E-state index contributed by atoms with van der Waals surface area (Å²) in [4.78, 5) is 15.6. The Balaban J connectivity index is 1.60. The van der Waals surface area contributed by atoms with Gasteiger partial charge >= 0.3 is 0 Å². The highest BCUT2D eigenvalue weighted by Gasteiger charge is 2.55. The maximum atomic E-state index is 13.3. The number of amides is 1. The van der Waals surface area contributed by atoms with Crippen LogP contribution in [0.25, 0.3) is 0 Å². The van der Waals surface area contributed by atoms with Crippen LogP contribution in [-0.4, -0.2) is 40.1 Å². The first-order valence-electron chi connectivity index (χ1n) is 8.98. The zero-order valence-corrected chi connectivity index (χ0v) is 13.8. The molecule has 4 heteroatoms. The second-order valence-corrected chi connectivity index (χ2v) is 8.66. The fourth-order valence-electron chi connectivity index (χ4n) is 5.08. The topological polar surface area (TPSA) is 32.3 Å². The number of nitrogens with one attached hydrogen (secondary N) is 1. The van der Waals surface area contributed by atoms with Gasteiger partial charge in [0.05, 0.1) is 11.7 Å². The molecule has 2 aliphatic heterocycles. The van der Waals surface area contributed by atoms with Crippen molar-refractivity contribution in [1.29, 1.82) is 0 Å². The summed E-state index contributed by atoms with van der Waals surface area (Å²) in [5, 5.41) is 3.87. The van der Waals surface area contributed by atoms with Crippen LogP contribution >= 0.6 is 11.8 Å². The van der Waals surface area contributed by atoms with E-state index in [1.807, 2.05) is 11.8 Å². The molecule has 4 fully saturated rings. The SMILES string of the molecule is O=C1N(C2CCCSC2)C(C2CCCC2)NC12CCCC2. The Hall–Kier alpha value is -0.220. The fourth-order valence-corrected chi connectivity index (χ4v) is 6.22. The van der Waals surface area contributed by atoms with Crippen LogP contribution in [-0.2, 0) is 4.79 Å². The molecule has 1 N–H and O–H groups in total. The first-order chi connectivity index (χ1) is 10.3. The van der Waals surface area contributed by atoms with Crippen molar-refractivity contribution in [3.63, 3.8) is 0 Å². The van der Waals surface area contributed by atoms with Crippen LogP contribution < -0.4 is 5.32 Å². The lowest BCUT2D eigenvalue weighted by Crippen LogP contribution is -2.49. The van der Waals surface area contributed by atoms with Crippen LogP contribution in [0.5, 0.6) is 0 Å². The van der Waals surface area contributed by atoms with E-state index in [9.17, 15) is 4.79 Å². The summed E-state index contributed by atoms with van der Waals surface area (Å²) in [5.41, 5.74) is -0.171. The Bertz CT molecular complexity index is 396. The average molecular weight is 308 g/mol. The molecule has 2 heterocycles. The molecule has 2 aliphatic carbocycles. The van der Waals surface area contributed by atoms with Gasteiger partial charge in [-0.3, -0.25) is 10.1 Å². The van der Waals surface area contributed by atoms with E-state index in [1.54, 1.807) is 0 Å². The van der Waals surface area contributed by atoms with Gasteiger partial charge in [-0.25, -0.2) is 0 Å². The summed E-state index contributed by atoms with van der Waals surface area (Å²) < 4.78 is 0. The Labute approximate surface area is 132 Å². The minimum Gasteiger partial charge on any atom is -0.321 e. The molecular weight excluding hydrogens is 280 g/mol. The highest BCUT2D eigenvalue weighted by atomic mass is 32.2. The molecule has 2 atom stereocenters. The Morgan fingerprint density at radius 1 is 1.05 bits per heavy atom. The third-order valence-corrected chi connectivity index (χ3v) is 7.40. The molecule has 0 aromatic carbocycles. The lowest BCUT2D eigenvalue weighted by Gasteiger charge is -2.37. The highest BCUT2D eigenvalue weighted by Crippen LogP contribution is 2.43. The van der Waals surface area contributed by atoms with Crippen molar-refractivity contribution >= 4 is 17.7 Å². The number of hydrogen-bond donors (Lipinski definition) is 1. The maximum absolute atomic E-state index is 13.3. The van der Waals surface area contributed by atoms with E-state index in [-0.39, 0.29) is 5.54 Å². The van der Waals surface area contributed by atoms with Gasteiger partial charge in [0.15, 0.2) is 0 Å². The van der Waals surface area contributed by atoms with E-state index in [0.29, 0.717) is 24.0 Å². The molecule has 4 aliphatic rings. The normalized spacial score (nSPS) is 37.0. The minimum absolute atomic E-state index is 0.171. The molecule has 0 bridgehead atoms. The zero-order chi connectivity index (χ0) is 14.3. The molecule has 2 saturated heterocycles.